The first-order valence-electron chi connectivity index (χ1n) is 2.62. The van der Waals surface area contributed by atoms with Crippen molar-refractivity contribution in [2.45, 2.75) is 13.8 Å². The summed E-state index contributed by atoms with van der Waals surface area (Å²) in [6.07, 6.45) is 0. The van der Waals surface area contributed by atoms with Crippen LogP contribution in [-0.4, -0.2) is 23.7 Å². The van der Waals surface area contributed by atoms with Crippen molar-refractivity contribution in [2.24, 2.45) is 0 Å². The van der Waals surface area contributed by atoms with Crippen LogP contribution in [0.1, 0.15) is 13.8 Å². The first kappa shape index (κ1) is 11.5. The zero-order valence-electron chi connectivity index (χ0n) is 5.56. The molecule has 0 atom stereocenters. The number of carbonyl (C=O) groups is 1. The Balaban J connectivity index is 0. The highest BCUT2D eigenvalue weighted by molar-refractivity contribution is 6.61. The molecular formula is C5H11ClO3. The van der Waals surface area contributed by atoms with Gasteiger partial charge in [-0.2, -0.15) is 0 Å². The molecule has 0 saturated heterocycles. The Bertz CT molecular complexity index is 65.2. The van der Waals surface area contributed by atoms with Gasteiger partial charge in [0.2, 0.25) is 0 Å². The normalized spacial score (nSPS) is 7.11. The van der Waals surface area contributed by atoms with Crippen LogP contribution in [0.15, 0.2) is 0 Å². The van der Waals surface area contributed by atoms with Crippen molar-refractivity contribution in [3.05, 3.63) is 0 Å². The summed E-state index contributed by atoms with van der Waals surface area (Å²) < 4.78 is 4.17. The van der Waals surface area contributed by atoms with E-state index in [2.05, 4.69) is 4.74 Å². The predicted molar refractivity (Wildman–Crippen MR) is 35.6 cm³/mol. The summed E-state index contributed by atoms with van der Waals surface area (Å²) >= 11 is 4.72. The molecular weight excluding hydrogens is 144 g/mol. The molecule has 0 radical (unpaired) electrons. The summed E-state index contributed by atoms with van der Waals surface area (Å²) in [6, 6.07) is 0. The lowest BCUT2D eigenvalue weighted by Crippen LogP contribution is -1.89. The Kier molecular flexibility index (Phi) is 13.6. The SMILES string of the molecule is CCO.CCOC(=O)Cl. The van der Waals surface area contributed by atoms with Gasteiger partial charge in [-0.25, -0.2) is 4.79 Å². The van der Waals surface area contributed by atoms with Gasteiger partial charge in [-0.05, 0) is 13.8 Å². The number of hydrogen-bond acceptors (Lipinski definition) is 3. The summed E-state index contributed by atoms with van der Waals surface area (Å²) in [4.78, 5) is 9.59. The maximum atomic E-state index is 9.59. The average Bonchev–Trinajstić information content (AvgIpc) is 1.67. The van der Waals surface area contributed by atoms with Crippen molar-refractivity contribution in [3.63, 3.8) is 0 Å². The molecule has 0 unspecified atom stereocenters. The molecule has 0 aliphatic rings. The Labute approximate surface area is 59.6 Å². The highest BCUT2D eigenvalue weighted by Gasteiger charge is 1.85. The zero-order chi connectivity index (χ0) is 7.70. The number of halogens is 1. The van der Waals surface area contributed by atoms with Crippen LogP contribution in [0, 0.1) is 0 Å². The Morgan fingerprint density at radius 3 is 2.00 bits per heavy atom. The summed E-state index contributed by atoms with van der Waals surface area (Å²) in [5.41, 5.74) is -0.738. The summed E-state index contributed by atoms with van der Waals surface area (Å²) in [5, 5.41) is 7.57. The number of ether oxygens (including phenoxy) is 1. The van der Waals surface area contributed by atoms with Gasteiger partial charge in [-0.3, -0.25) is 0 Å². The van der Waals surface area contributed by atoms with E-state index in [4.69, 9.17) is 16.7 Å². The van der Waals surface area contributed by atoms with Crippen LogP contribution in [0.3, 0.4) is 0 Å². The second-order valence-corrected chi connectivity index (χ2v) is 1.30. The van der Waals surface area contributed by atoms with Crippen molar-refractivity contribution in [3.8, 4) is 0 Å². The van der Waals surface area contributed by atoms with E-state index >= 15 is 0 Å². The molecule has 0 aliphatic heterocycles. The fourth-order valence-electron chi connectivity index (χ4n) is 0.113. The number of aliphatic hydroxyl groups is 1. The van der Waals surface area contributed by atoms with E-state index in [9.17, 15) is 4.79 Å². The second-order valence-electron chi connectivity index (χ2n) is 0.987. The second kappa shape index (κ2) is 10.7. The molecule has 0 aliphatic carbocycles. The van der Waals surface area contributed by atoms with E-state index in [0.717, 1.165) is 0 Å². The average molecular weight is 155 g/mol. The monoisotopic (exact) mass is 154 g/mol. The van der Waals surface area contributed by atoms with Gasteiger partial charge in [0.05, 0.1) is 6.61 Å². The topological polar surface area (TPSA) is 46.5 Å². The largest absolute Gasteiger partial charge is 0.454 e. The van der Waals surface area contributed by atoms with Gasteiger partial charge in [-0.1, -0.05) is 0 Å². The molecule has 0 aromatic rings. The minimum absolute atomic E-state index is 0.250. The Morgan fingerprint density at radius 2 is 2.00 bits per heavy atom. The molecule has 9 heavy (non-hydrogen) atoms. The molecule has 1 N–H and O–H groups in total. The van der Waals surface area contributed by atoms with E-state index in [1.165, 1.54) is 0 Å². The molecule has 0 spiro atoms. The zero-order valence-corrected chi connectivity index (χ0v) is 6.31. The van der Waals surface area contributed by atoms with Gasteiger partial charge in [0.25, 0.3) is 0 Å². The van der Waals surface area contributed by atoms with Crippen molar-refractivity contribution in [2.75, 3.05) is 13.2 Å². The fourth-order valence-corrected chi connectivity index (χ4v) is 0.223. The molecule has 0 saturated carbocycles. The number of rotatable bonds is 1. The first-order valence-corrected chi connectivity index (χ1v) is 2.99. The number of aliphatic hydroxyl groups excluding tert-OH is 1. The van der Waals surface area contributed by atoms with Gasteiger partial charge in [0.15, 0.2) is 0 Å². The molecule has 0 heterocycles. The third-order valence-electron chi connectivity index (χ3n) is 0.258. The van der Waals surface area contributed by atoms with Crippen LogP contribution in [0.2, 0.25) is 0 Å². The Hall–Kier alpha value is -0.280. The maximum absolute atomic E-state index is 9.59. The lowest BCUT2D eigenvalue weighted by molar-refractivity contribution is 0.180. The van der Waals surface area contributed by atoms with Crippen LogP contribution >= 0.6 is 11.6 Å². The van der Waals surface area contributed by atoms with Crippen LogP contribution < -0.4 is 0 Å². The maximum Gasteiger partial charge on any atom is 0.403 e. The van der Waals surface area contributed by atoms with Crippen molar-refractivity contribution in [1.82, 2.24) is 0 Å². The summed E-state index contributed by atoms with van der Waals surface area (Å²) in [6.45, 7) is 3.97. The highest BCUT2D eigenvalue weighted by atomic mass is 35.5. The van der Waals surface area contributed by atoms with Gasteiger partial charge in [0.1, 0.15) is 0 Å². The van der Waals surface area contributed by atoms with Crippen molar-refractivity contribution < 1.29 is 14.6 Å². The van der Waals surface area contributed by atoms with E-state index in [1.807, 2.05) is 0 Å². The molecule has 0 amide bonds. The summed E-state index contributed by atoms with van der Waals surface area (Å²) in [7, 11) is 0. The predicted octanol–water partition coefficient (Wildman–Crippen LogP) is 1.38. The van der Waals surface area contributed by atoms with Crippen molar-refractivity contribution in [1.29, 1.82) is 0 Å². The molecule has 0 bridgehead atoms. The van der Waals surface area contributed by atoms with Crippen LogP contribution in [0.5, 0.6) is 0 Å². The lowest BCUT2D eigenvalue weighted by atomic mass is 10.9. The van der Waals surface area contributed by atoms with Crippen molar-refractivity contribution >= 4 is 17.0 Å². The molecule has 0 aromatic heterocycles. The molecule has 0 fully saturated rings. The minimum Gasteiger partial charge on any atom is -0.454 e. The number of carbonyl (C=O) groups excluding carboxylic acids is 1. The van der Waals surface area contributed by atoms with E-state index < -0.39 is 5.43 Å². The molecule has 0 rings (SSSR count). The van der Waals surface area contributed by atoms with Gasteiger partial charge in [-0.15, -0.1) is 0 Å². The summed E-state index contributed by atoms with van der Waals surface area (Å²) in [5.74, 6) is 0. The molecule has 4 heteroatoms. The van der Waals surface area contributed by atoms with Crippen LogP contribution in [0.4, 0.5) is 4.79 Å². The quantitative estimate of drug-likeness (QED) is 0.581. The molecule has 56 valence electrons. The minimum atomic E-state index is -0.738. The van der Waals surface area contributed by atoms with Gasteiger partial charge >= 0.3 is 5.43 Å². The van der Waals surface area contributed by atoms with Gasteiger partial charge in [0, 0.05) is 18.2 Å². The van der Waals surface area contributed by atoms with Crippen LogP contribution in [0.25, 0.3) is 0 Å². The standard InChI is InChI=1S/C3H5ClO2.C2H6O/c1-2-6-3(4)5;1-2-3/h2H2,1H3;3H,2H2,1H3. The number of hydrogen-bond donors (Lipinski definition) is 1. The Morgan fingerprint density at radius 1 is 1.67 bits per heavy atom. The van der Waals surface area contributed by atoms with E-state index in [1.54, 1.807) is 13.8 Å². The van der Waals surface area contributed by atoms with Gasteiger partial charge < -0.3 is 9.84 Å². The smallest absolute Gasteiger partial charge is 0.403 e. The van der Waals surface area contributed by atoms with E-state index in [-0.39, 0.29) is 6.61 Å². The third-order valence-corrected chi connectivity index (χ3v) is 0.367. The molecule has 3 nitrogen and oxygen atoms in total. The van der Waals surface area contributed by atoms with Crippen LogP contribution in [-0.2, 0) is 4.74 Å². The first-order chi connectivity index (χ1) is 4.18. The molecule has 0 aromatic carbocycles. The lowest BCUT2D eigenvalue weighted by Gasteiger charge is -1.86. The van der Waals surface area contributed by atoms with E-state index in [0.29, 0.717) is 6.61 Å². The third kappa shape index (κ3) is 34.1. The fraction of sp³-hybridized carbons (Fsp3) is 0.800. The highest BCUT2D eigenvalue weighted by Crippen LogP contribution is 1.82.